The van der Waals surface area contributed by atoms with Crippen molar-refractivity contribution in [3.63, 3.8) is 0 Å². The lowest BCUT2D eigenvalue weighted by molar-refractivity contribution is -0.0382. The van der Waals surface area contributed by atoms with Crippen molar-refractivity contribution in [3.05, 3.63) is 63.9 Å². The van der Waals surface area contributed by atoms with Gasteiger partial charge in [-0.3, -0.25) is 0 Å². The molecule has 2 aromatic rings. The van der Waals surface area contributed by atoms with Gasteiger partial charge in [-0.25, -0.2) is 4.39 Å². The van der Waals surface area contributed by atoms with Gasteiger partial charge in [0.05, 0.1) is 12.1 Å². The highest BCUT2D eigenvalue weighted by molar-refractivity contribution is 9.10. The fourth-order valence-corrected chi connectivity index (χ4v) is 3.91. The van der Waals surface area contributed by atoms with Crippen LogP contribution in [0.3, 0.4) is 0 Å². The van der Waals surface area contributed by atoms with E-state index in [1.54, 1.807) is 6.07 Å². The Bertz CT molecular complexity index is 688. The zero-order valence-corrected chi connectivity index (χ0v) is 13.6. The summed E-state index contributed by atoms with van der Waals surface area (Å²) < 4.78 is 20.7. The van der Waals surface area contributed by atoms with E-state index in [0.717, 1.165) is 35.2 Å². The molecule has 0 aromatic heterocycles. The Hall–Kier alpha value is -1.39. The lowest BCUT2D eigenvalue weighted by Crippen LogP contribution is -2.36. The molecule has 0 unspecified atom stereocenters. The van der Waals surface area contributed by atoms with E-state index in [0.29, 0.717) is 5.92 Å². The number of rotatable bonds is 1. The van der Waals surface area contributed by atoms with Gasteiger partial charge in [-0.05, 0) is 48.7 Å². The Morgan fingerprint density at radius 2 is 1.95 bits per heavy atom. The van der Waals surface area contributed by atoms with Crippen molar-refractivity contribution < 1.29 is 9.13 Å². The first-order chi connectivity index (χ1) is 10.7. The van der Waals surface area contributed by atoms with Crippen molar-refractivity contribution in [2.45, 2.75) is 25.0 Å². The van der Waals surface area contributed by atoms with Crippen molar-refractivity contribution in [2.75, 3.05) is 11.9 Å². The van der Waals surface area contributed by atoms with E-state index in [9.17, 15) is 4.39 Å². The summed E-state index contributed by atoms with van der Waals surface area (Å²) in [5, 5.41) is 3.60. The second-order valence-electron chi connectivity index (χ2n) is 6.00. The third kappa shape index (κ3) is 2.44. The molecule has 1 fully saturated rings. The predicted molar refractivity (Wildman–Crippen MR) is 88.3 cm³/mol. The van der Waals surface area contributed by atoms with Crippen LogP contribution in [0, 0.1) is 11.7 Å². The maximum atomic E-state index is 13.6. The zero-order chi connectivity index (χ0) is 15.1. The second kappa shape index (κ2) is 5.67. The SMILES string of the molecule is Fc1ccc2c(c1)[C@H]1OCCC[C@H]1[C@H](c1ccc(Br)cc1)N2. The number of anilines is 1. The summed E-state index contributed by atoms with van der Waals surface area (Å²) in [5.41, 5.74) is 3.19. The topological polar surface area (TPSA) is 21.3 Å². The molecule has 22 heavy (non-hydrogen) atoms. The highest BCUT2D eigenvalue weighted by Crippen LogP contribution is 2.49. The molecular formula is C18H17BrFNO. The van der Waals surface area contributed by atoms with Crippen molar-refractivity contribution >= 4 is 21.6 Å². The molecule has 2 heterocycles. The van der Waals surface area contributed by atoms with Crippen LogP contribution in [0.15, 0.2) is 46.9 Å². The maximum Gasteiger partial charge on any atom is 0.123 e. The quantitative estimate of drug-likeness (QED) is 0.751. The van der Waals surface area contributed by atoms with Gasteiger partial charge in [0.1, 0.15) is 5.82 Å². The molecule has 0 amide bonds. The molecular weight excluding hydrogens is 345 g/mol. The van der Waals surface area contributed by atoms with Gasteiger partial charge < -0.3 is 10.1 Å². The van der Waals surface area contributed by atoms with Crippen molar-refractivity contribution in [1.82, 2.24) is 0 Å². The number of nitrogens with one attached hydrogen (secondary N) is 1. The average Bonchev–Trinajstić information content (AvgIpc) is 2.55. The first kappa shape index (κ1) is 14.2. The molecule has 2 nitrogen and oxygen atoms in total. The van der Waals surface area contributed by atoms with Crippen LogP contribution in [0.4, 0.5) is 10.1 Å². The maximum absolute atomic E-state index is 13.6. The first-order valence-corrected chi connectivity index (χ1v) is 8.45. The molecule has 0 radical (unpaired) electrons. The van der Waals surface area contributed by atoms with E-state index >= 15 is 0 Å². The van der Waals surface area contributed by atoms with Crippen LogP contribution >= 0.6 is 15.9 Å². The van der Waals surface area contributed by atoms with E-state index in [4.69, 9.17) is 4.74 Å². The molecule has 1 N–H and O–H groups in total. The molecule has 4 rings (SSSR count). The Labute approximate surface area is 137 Å². The number of hydrogen-bond donors (Lipinski definition) is 1. The van der Waals surface area contributed by atoms with Crippen molar-refractivity contribution in [3.8, 4) is 0 Å². The molecule has 1 saturated heterocycles. The van der Waals surface area contributed by atoms with Gasteiger partial charge in [0.15, 0.2) is 0 Å². The van der Waals surface area contributed by atoms with Crippen molar-refractivity contribution in [2.24, 2.45) is 5.92 Å². The standard InChI is InChI=1S/C18H17BrFNO/c19-12-5-3-11(4-6-12)17-14-2-1-9-22-18(14)15-10-13(20)7-8-16(15)21-17/h3-8,10,14,17-18,21H,1-2,9H2/t14-,17-,18-/m0/s1. The predicted octanol–water partition coefficient (Wildman–Crippen LogP) is 5.22. The van der Waals surface area contributed by atoms with E-state index < -0.39 is 0 Å². The van der Waals surface area contributed by atoms with Crippen LogP contribution in [0.2, 0.25) is 0 Å². The summed E-state index contributed by atoms with van der Waals surface area (Å²) in [6.45, 7) is 0.754. The van der Waals surface area contributed by atoms with Crippen LogP contribution in [-0.2, 0) is 4.74 Å². The third-order valence-electron chi connectivity index (χ3n) is 4.66. The second-order valence-corrected chi connectivity index (χ2v) is 6.92. The normalized spacial score (nSPS) is 26.7. The van der Waals surface area contributed by atoms with Gasteiger partial charge >= 0.3 is 0 Å². The van der Waals surface area contributed by atoms with Gasteiger partial charge in [-0.1, -0.05) is 28.1 Å². The average molecular weight is 362 g/mol. The van der Waals surface area contributed by atoms with E-state index in [1.807, 2.05) is 6.07 Å². The lowest BCUT2D eigenvalue weighted by Gasteiger charge is -2.43. The lowest BCUT2D eigenvalue weighted by atomic mass is 9.77. The minimum absolute atomic E-state index is 0.0191. The fraction of sp³-hybridized carbons (Fsp3) is 0.333. The molecule has 2 aliphatic rings. The smallest absolute Gasteiger partial charge is 0.123 e. The molecule has 2 aliphatic heterocycles. The molecule has 3 atom stereocenters. The van der Waals surface area contributed by atoms with E-state index in [1.165, 1.54) is 11.6 Å². The van der Waals surface area contributed by atoms with Crippen LogP contribution in [0.25, 0.3) is 0 Å². The largest absolute Gasteiger partial charge is 0.378 e. The molecule has 0 spiro atoms. The number of hydrogen-bond acceptors (Lipinski definition) is 2. The molecule has 0 bridgehead atoms. The summed E-state index contributed by atoms with van der Waals surface area (Å²) in [6.07, 6.45) is 2.13. The van der Waals surface area contributed by atoms with Gasteiger partial charge in [0, 0.05) is 28.2 Å². The Morgan fingerprint density at radius 1 is 1.14 bits per heavy atom. The Morgan fingerprint density at radius 3 is 2.77 bits per heavy atom. The number of benzene rings is 2. The molecule has 0 aliphatic carbocycles. The third-order valence-corrected chi connectivity index (χ3v) is 5.19. The zero-order valence-electron chi connectivity index (χ0n) is 12.1. The first-order valence-electron chi connectivity index (χ1n) is 7.65. The van der Waals surface area contributed by atoms with Gasteiger partial charge in [0.25, 0.3) is 0 Å². The number of halogens is 2. The summed E-state index contributed by atoms with van der Waals surface area (Å²) >= 11 is 3.49. The Kier molecular flexibility index (Phi) is 3.66. The van der Waals surface area contributed by atoms with Crippen LogP contribution < -0.4 is 5.32 Å². The van der Waals surface area contributed by atoms with Crippen LogP contribution in [0.5, 0.6) is 0 Å². The van der Waals surface area contributed by atoms with E-state index in [2.05, 4.69) is 45.5 Å². The van der Waals surface area contributed by atoms with Gasteiger partial charge in [0.2, 0.25) is 0 Å². The highest BCUT2D eigenvalue weighted by Gasteiger charge is 2.39. The summed E-state index contributed by atoms with van der Waals surface area (Å²) in [6, 6.07) is 13.6. The number of ether oxygens (including phenoxy) is 1. The van der Waals surface area contributed by atoms with Gasteiger partial charge in [-0.15, -0.1) is 0 Å². The highest BCUT2D eigenvalue weighted by atomic mass is 79.9. The Balaban J connectivity index is 1.77. The summed E-state index contributed by atoms with van der Waals surface area (Å²) in [7, 11) is 0. The molecule has 0 saturated carbocycles. The van der Waals surface area contributed by atoms with Crippen LogP contribution in [-0.4, -0.2) is 6.61 Å². The summed E-state index contributed by atoms with van der Waals surface area (Å²) in [5.74, 6) is 0.139. The molecule has 114 valence electrons. The monoisotopic (exact) mass is 361 g/mol. The van der Waals surface area contributed by atoms with Crippen LogP contribution in [0.1, 0.15) is 36.1 Å². The minimum atomic E-state index is -0.199. The van der Waals surface area contributed by atoms with Crippen molar-refractivity contribution in [1.29, 1.82) is 0 Å². The van der Waals surface area contributed by atoms with Gasteiger partial charge in [-0.2, -0.15) is 0 Å². The summed E-state index contributed by atoms with van der Waals surface area (Å²) in [4.78, 5) is 0. The number of fused-ring (bicyclic) bond motifs is 3. The fourth-order valence-electron chi connectivity index (χ4n) is 3.64. The van der Waals surface area contributed by atoms with E-state index in [-0.39, 0.29) is 18.0 Å². The minimum Gasteiger partial charge on any atom is -0.378 e. The molecule has 2 aromatic carbocycles. The molecule has 4 heteroatoms.